The molecule has 0 saturated carbocycles. The standard InChI is InChI=1S/2C21H21F2N3O2S2/c1-14-4-3-5-17(15(14)2)19-13-29-21(24-19)25-8-10-26(11-9-25)30(27,28)20-7-6-16(22)12-18(20)23;1-14-4-3-5-15(2)20(14)18-13-29-21(24-18)25-8-10-26(11-9-25)30(27,28)19-7-6-16(22)12-17(19)23/h2*3-7,12-13H,8-11H2,1-2H3. The molecule has 2 aromatic heterocycles. The summed E-state index contributed by atoms with van der Waals surface area (Å²) in [6.45, 7) is 10.9. The summed E-state index contributed by atoms with van der Waals surface area (Å²) in [5.41, 5.74) is 8.72. The highest BCUT2D eigenvalue weighted by Crippen LogP contribution is 2.34. The van der Waals surface area contributed by atoms with Gasteiger partial charge in [0.05, 0.1) is 11.4 Å². The fourth-order valence-corrected chi connectivity index (χ4v) is 11.9. The van der Waals surface area contributed by atoms with Gasteiger partial charge in [-0.1, -0.05) is 36.4 Å². The van der Waals surface area contributed by atoms with Gasteiger partial charge in [0.2, 0.25) is 20.0 Å². The van der Waals surface area contributed by atoms with Gasteiger partial charge >= 0.3 is 0 Å². The van der Waals surface area contributed by atoms with E-state index in [1.165, 1.54) is 42.4 Å². The molecule has 4 heterocycles. The van der Waals surface area contributed by atoms with Crippen LogP contribution in [0.15, 0.2) is 93.3 Å². The Kier molecular flexibility index (Phi) is 12.8. The number of aryl methyl sites for hydroxylation is 3. The summed E-state index contributed by atoms with van der Waals surface area (Å²) in [7, 11) is -8.03. The van der Waals surface area contributed by atoms with Gasteiger partial charge in [-0.25, -0.2) is 44.4 Å². The van der Waals surface area contributed by atoms with Crippen LogP contribution in [0.5, 0.6) is 0 Å². The van der Waals surface area contributed by atoms with Crippen LogP contribution in [0.2, 0.25) is 0 Å². The molecule has 2 saturated heterocycles. The second-order valence-electron chi connectivity index (χ2n) is 14.5. The minimum Gasteiger partial charge on any atom is -0.345 e. The third kappa shape index (κ3) is 8.99. The van der Waals surface area contributed by atoms with Gasteiger partial charge in [-0.3, -0.25) is 0 Å². The van der Waals surface area contributed by atoms with Crippen molar-refractivity contribution in [3.05, 3.63) is 129 Å². The van der Waals surface area contributed by atoms with Gasteiger partial charge in [0.1, 0.15) is 33.1 Å². The molecule has 18 heteroatoms. The predicted octanol–water partition coefficient (Wildman–Crippen LogP) is 8.43. The van der Waals surface area contributed by atoms with Crippen LogP contribution in [-0.4, -0.2) is 87.8 Å². The lowest BCUT2D eigenvalue weighted by Crippen LogP contribution is -2.48. The third-order valence-electron chi connectivity index (χ3n) is 10.6. The second-order valence-corrected chi connectivity index (χ2v) is 20.0. The first-order valence-corrected chi connectivity index (χ1v) is 23.6. The molecule has 60 heavy (non-hydrogen) atoms. The summed E-state index contributed by atoms with van der Waals surface area (Å²) < 4.78 is 108. The minimum absolute atomic E-state index is 0.206. The molecular weight excluding hydrogens is 857 g/mol. The number of thiazole rings is 2. The first-order chi connectivity index (χ1) is 28.5. The largest absolute Gasteiger partial charge is 0.345 e. The number of halogens is 4. The maximum absolute atomic E-state index is 14.0. The van der Waals surface area contributed by atoms with Gasteiger partial charge in [-0.15, -0.1) is 22.7 Å². The number of rotatable bonds is 8. The minimum atomic E-state index is -4.02. The Morgan fingerprint density at radius 2 is 0.950 bits per heavy atom. The summed E-state index contributed by atoms with van der Waals surface area (Å²) in [4.78, 5) is 12.6. The van der Waals surface area contributed by atoms with Crippen molar-refractivity contribution in [2.75, 3.05) is 62.2 Å². The maximum Gasteiger partial charge on any atom is 0.246 e. The Bertz CT molecular complexity index is 2730. The van der Waals surface area contributed by atoms with Gasteiger partial charge in [-0.2, -0.15) is 8.61 Å². The summed E-state index contributed by atoms with van der Waals surface area (Å²) in [6.07, 6.45) is 0. The Morgan fingerprint density at radius 3 is 1.42 bits per heavy atom. The van der Waals surface area contributed by atoms with Crippen molar-refractivity contribution in [2.24, 2.45) is 0 Å². The van der Waals surface area contributed by atoms with Crippen molar-refractivity contribution in [2.45, 2.75) is 37.5 Å². The zero-order valence-corrected chi connectivity index (χ0v) is 36.5. The van der Waals surface area contributed by atoms with Crippen LogP contribution < -0.4 is 9.80 Å². The average Bonchev–Trinajstić information content (AvgIpc) is 3.90. The van der Waals surface area contributed by atoms with E-state index in [0.717, 1.165) is 68.2 Å². The molecule has 0 spiro atoms. The van der Waals surface area contributed by atoms with Gasteiger partial charge in [0, 0.05) is 86.4 Å². The molecule has 0 N–H and O–H groups in total. The average molecular weight is 899 g/mol. The highest BCUT2D eigenvalue weighted by atomic mass is 32.2. The molecule has 0 bridgehead atoms. The van der Waals surface area contributed by atoms with E-state index in [-0.39, 0.29) is 26.2 Å². The van der Waals surface area contributed by atoms with E-state index in [1.807, 2.05) is 38.8 Å². The Labute approximate surface area is 355 Å². The predicted molar refractivity (Wildman–Crippen MR) is 229 cm³/mol. The molecule has 2 aliphatic rings. The smallest absolute Gasteiger partial charge is 0.246 e. The molecule has 0 amide bonds. The molecule has 0 aliphatic carbocycles. The van der Waals surface area contributed by atoms with E-state index in [0.29, 0.717) is 38.3 Å². The van der Waals surface area contributed by atoms with Crippen molar-refractivity contribution in [3.63, 3.8) is 0 Å². The van der Waals surface area contributed by atoms with Crippen molar-refractivity contribution < 1.29 is 34.4 Å². The lowest BCUT2D eigenvalue weighted by Gasteiger charge is -2.33. The zero-order valence-electron chi connectivity index (χ0n) is 33.2. The second kappa shape index (κ2) is 17.7. The monoisotopic (exact) mass is 898 g/mol. The SMILES string of the molecule is Cc1cccc(-c2csc(N3CCN(S(=O)(=O)c4ccc(F)cc4F)CC3)n2)c1C.Cc1cccc(C)c1-c1csc(N2CCN(S(=O)(=O)c3ccc(F)cc3F)CC2)n1. The Morgan fingerprint density at radius 1 is 0.533 bits per heavy atom. The molecule has 0 atom stereocenters. The molecular formula is C42H42F4N6O4S4. The van der Waals surface area contributed by atoms with Gasteiger partial charge in [0.25, 0.3) is 0 Å². The molecule has 4 aromatic carbocycles. The first kappa shape index (κ1) is 43.4. The fourth-order valence-electron chi connectivity index (χ4n) is 7.19. The van der Waals surface area contributed by atoms with E-state index in [2.05, 4.69) is 45.9 Å². The molecule has 0 unspecified atom stereocenters. The van der Waals surface area contributed by atoms with Crippen LogP contribution >= 0.6 is 22.7 Å². The van der Waals surface area contributed by atoms with Crippen LogP contribution in [0.3, 0.4) is 0 Å². The number of sulfonamides is 2. The van der Waals surface area contributed by atoms with Gasteiger partial charge < -0.3 is 9.80 Å². The fraction of sp³-hybridized carbons (Fsp3) is 0.286. The summed E-state index contributed by atoms with van der Waals surface area (Å²) in [6, 6.07) is 17.3. The molecule has 10 nitrogen and oxygen atoms in total. The quantitative estimate of drug-likeness (QED) is 0.140. The molecule has 2 fully saturated rings. The molecule has 2 aliphatic heterocycles. The van der Waals surface area contributed by atoms with Crippen LogP contribution in [-0.2, 0) is 20.0 Å². The molecule has 316 valence electrons. The van der Waals surface area contributed by atoms with E-state index in [4.69, 9.17) is 9.97 Å². The van der Waals surface area contributed by atoms with Crippen LogP contribution in [0, 0.1) is 51.0 Å². The number of hydrogen-bond donors (Lipinski definition) is 0. The lowest BCUT2D eigenvalue weighted by atomic mass is 10.0. The summed E-state index contributed by atoms with van der Waals surface area (Å²) in [5.74, 6) is -3.76. The number of anilines is 2. The first-order valence-electron chi connectivity index (χ1n) is 19.0. The summed E-state index contributed by atoms with van der Waals surface area (Å²) >= 11 is 3.04. The van der Waals surface area contributed by atoms with E-state index in [1.54, 1.807) is 0 Å². The third-order valence-corrected chi connectivity index (χ3v) is 16.3. The number of hydrogen-bond acceptors (Lipinski definition) is 10. The molecule has 8 rings (SSSR count). The van der Waals surface area contributed by atoms with Crippen molar-refractivity contribution in [1.29, 1.82) is 0 Å². The maximum atomic E-state index is 14.0. The number of benzene rings is 4. The summed E-state index contributed by atoms with van der Waals surface area (Å²) in [5, 5.41) is 5.68. The van der Waals surface area contributed by atoms with E-state index >= 15 is 0 Å². The number of piperazine rings is 2. The van der Waals surface area contributed by atoms with Gasteiger partial charge in [-0.05, 0) is 74.2 Å². The lowest BCUT2D eigenvalue weighted by molar-refractivity contribution is 0.381. The Balaban J connectivity index is 0.000000181. The van der Waals surface area contributed by atoms with E-state index < -0.39 is 53.1 Å². The van der Waals surface area contributed by atoms with Crippen molar-refractivity contribution >= 4 is 53.0 Å². The molecule has 6 aromatic rings. The van der Waals surface area contributed by atoms with Crippen LogP contribution in [0.4, 0.5) is 27.8 Å². The van der Waals surface area contributed by atoms with E-state index in [9.17, 15) is 34.4 Å². The van der Waals surface area contributed by atoms with Crippen LogP contribution in [0.1, 0.15) is 22.3 Å². The molecule has 0 radical (unpaired) electrons. The van der Waals surface area contributed by atoms with Crippen LogP contribution in [0.25, 0.3) is 22.5 Å². The van der Waals surface area contributed by atoms with Crippen molar-refractivity contribution in [1.82, 2.24) is 18.6 Å². The number of aromatic nitrogens is 2. The van der Waals surface area contributed by atoms with Crippen molar-refractivity contribution in [3.8, 4) is 22.5 Å². The highest BCUT2D eigenvalue weighted by molar-refractivity contribution is 7.89. The topological polar surface area (TPSA) is 107 Å². The Hall–Kier alpha value is -4.72. The van der Waals surface area contributed by atoms with Gasteiger partial charge in [0.15, 0.2) is 10.3 Å². The normalized spacial score (nSPS) is 15.5. The zero-order chi connectivity index (χ0) is 42.9. The number of nitrogens with zero attached hydrogens (tertiary/aromatic N) is 6. The highest BCUT2D eigenvalue weighted by Gasteiger charge is 2.33.